The van der Waals surface area contributed by atoms with E-state index in [9.17, 15) is 4.79 Å². The lowest BCUT2D eigenvalue weighted by Crippen LogP contribution is -1.88. The zero-order valence-electron chi connectivity index (χ0n) is 10.7. The summed E-state index contributed by atoms with van der Waals surface area (Å²) in [6.07, 6.45) is 2.60. The molecule has 0 heterocycles. The van der Waals surface area contributed by atoms with Crippen molar-refractivity contribution in [3.63, 3.8) is 0 Å². The van der Waals surface area contributed by atoms with Crippen LogP contribution < -0.4 is 4.74 Å². The van der Waals surface area contributed by atoms with Gasteiger partial charge in [-0.15, -0.1) is 0 Å². The van der Waals surface area contributed by atoms with Crippen molar-refractivity contribution in [3.8, 4) is 11.5 Å². The fraction of sp³-hybridized carbons (Fsp3) is 0.0625. The van der Waals surface area contributed by atoms with Gasteiger partial charge in [0.05, 0.1) is 6.61 Å². The quantitative estimate of drug-likeness (QED) is 0.819. The van der Waals surface area contributed by atoms with E-state index in [4.69, 9.17) is 14.9 Å². The highest BCUT2D eigenvalue weighted by molar-refractivity contribution is 5.85. The van der Waals surface area contributed by atoms with Gasteiger partial charge in [-0.25, -0.2) is 4.79 Å². The standard InChI is InChI=1S/C16H14O4/c17-11-13-2-1-3-15(10-13)20-14-7-4-12(5-8-14)6-9-16(18)19/h1-10,17H,11H2,(H,18,19). The normalized spacial score (nSPS) is 10.7. The number of aliphatic hydroxyl groups excluding tert-OH is 1. The van der Waals surface area contributed by atoms with Crippen molar-refractivity contribution in [2.45, 2.75) is 6.61 Å². The number of aliphatic carboxylic acids is 1. The van der Waals surface area contributed by atoms with Gasteiger partial charge >= 0.3 is 5.97 Å². The third-order valence-corrected chi connectivity index (χ3v) is 2.62. The Bertz CT molecular complexity index is 615. The van der Waals surface area contributed by atoms with Crippen LogP contribution in [0.25, 0.3) is 6.08 Å². The minimum absolute atomic E-state index is 0.0316. The van der Waals surface area contributed by atoms with E-state index < -0.39 is 5.97 Å². The number of carboxylic acid groups (broad SMARTS) is 1. The Hall–Kier alpha value is -2.59. The van der Waals surface area contributed by atoms with Gasteiger partial charge < -0.3 is 14.9 Å². The summed E-state index contributed by atoms with van der Waals surface area (Å²) in [4.78, 5) is 10.4. The molecule has 0 saturated heterocycles. The van der Waals surface area contributed by atoms with E-state index in [1.807, 2.05) is 12.1 Å². The summed E-state index contributed by atoms with van der Waals surface area (Å²) in [5, 5.41) is 17.6. The molecular formula is C16H14O4. The molecule has 2 aromatic carbocycles. The number of carbonyl (C=O) groups is 1. The number of hydrogen-bond donors (Lipinski definition) is 2. The van der Waals surface area contributed by atoms with Gasteiger partial charge in [-0.3, -0.25) is 0 Å². The van der Waals surface area contributed by atoms with Crippen LogP contribution in [-0.4, -0.2) is 16.2 Å². The summed E-state index contributed by atoms with van der Waals surface area (Å²) in [6, 6.07) is 14.2. The Balaban J connectivity index is 2.08. The first kappa shape index (κ1) is 13.8. The van der Waals surface area contributed by atoms with E-state index in [2.05, 4.69) is 0 Å². The maximum Gasteiger partial charge on any atom is 0.328 e. The Kier molecular flexibility index (Phi) is 4.52. The molecule has 0 radical (unpaired) electrons. The van der Waals surface area contributed by atoms with Crippen molar-refractivity contribution in [1.29, 1.82) is 0 Å². The highest BCUT2D eigenvalue weighted by atomic mass is 16.5. The molecule has 2 N–H and O–H groups in total. The molecule has 0 aliphatic carbocycles. The number of carboxylic acids is 1. The van der Waals surface area contributed by atoms with Crippen LogP contribution in [-0.2, 0) is 11.4 Å². The molecule has 0 atom stereocenters. The van der Waals surface area contributed by atoms with Gasteiger partial charge in [0.2, 0.25) is 0 Å². The molecule has 0 aromatic heterocycles. The topological polar surface area (TPSA) is 66.8 Å². The van der Waals surface area contributed by atoms with Crippen LogP contribution >= 0.6 is 0 Å². The number of ether oxygens (including phenoxy) is 1. The van der Waals surface area contributed by atoms with Crippen molar-refractivity contribution < 1.29 is 19.7 Å². The van der Waals surface area contributed by atoms with Crippen molar-refractivity contribution in [2.75, 3.05) is 0 Å². The first-order valence-corrected chi connectivity index (χ1v) is 6.06. The molecule has 4 heteroatoms. The third kappa shape index (κ3) is 3.96. The van der Waals surface area contributed by atoms with Gasteiger partial charge in [-0.2, -0.15) is 0 Å². The van der Waals surface area contributed by atoms with Gasteiger partial charge in [0.1, 0.15) is 11.5 Å². The highest BCUT2D eigenvalue weighted by Gasteiger charge is 1.99. The summed E-state index contributed by atoms with van der Waals surface area (Å²) in [5.41, 5.74) is 1.56. The van der Waals surface area contributed by atoms with Gasteiger partial charge in [-0.1, -0.05) is 24.3 Å². The first-order chi connectivity index (χ1) is 9.67. The molecule has 4 nitrogen and oxygen atoms in total. The Morgan fingerprint density at radius 2 is 1.85 bits per heavy atom. The molecule has 0 saturated carbocycles. The summed E-state index contributed by atoms with van der Waals surface area (Å²) in [7, 11) is 0. The van der Waals surface area contributed by atoms with Crippen LogP contribution in [0, 0.1) is 0 Å². The summed E-state index contributed by atoms with van der Waals surface area (Å²) in [5.74, 6) is 0.309. The molecule has 2 rings (SSSR count). The molecule has 20 heavy (non-hydrogen) atoms. The lowest BCUT2D eigenvalue weighted by atomic mass is 10.2. The average Bonchev–Trinajstić information content (AvgIpc) is 2.47. The number of aliphatic hydroxyl groups is 1. The van der Waals surface area contributed by atoms with Crippen molar-refractivity contribution in [1.82, 2.24) is 0 Å². The SMILES string of the molecule is O=C(O)C=Cc1ccc(Oc2cccc(CO)c2)cc1. The number of benzene rings is 2. The maximum atomic E-state index is 10.4. The van der Waals surface area contributed by atoms with E-state index in [0.29, 0.717) is 11.5 Å². The molecular weight excluding hydrogens is 256 g/mol. The second-order valence-electron chi connectivity index (χ2n) is 4.15. The molecule has 0 bridgehead atoms. The summed E-state index contributed by atoms with van der Waals surface area (Å²) < 4.78 is 5.65. The highest BCUT2D eigenvalue weighted by Crippen LogP contribution is 2.22. The van der Waals surface area contributed by atoms with E-state index >= 15 is 0 Å². The minimum atomic E-state index is -0.980. The Labute approximate surface area is 116 Å². The largest absolute Gasteiger partial charge is 0.478 e. The first-order valence-electron chi connectivity index (χ1n) is 6.06. The summed E-state index contributed by atoms with van der Waals surface area (Å²) in [6.45, 7) is -0.0316. The molecule has 0 spiro atoms. The maximum absolute atomic E-state index is 10.4. The fourth-order valence-corrected chi connectivity index (χ4v) is 1.66. The van der Waals surface area contributed by atoms with Gasteiger partial charge in [-0.05, 0) is 41.5 Å². The molecule has 0 aliphatic heterocycles. The third-order valence-electron chi connectivity index (χ3n) is 2.62. The minimum Gasteiger partial charge on any atom is -0.478 e. The lowest BCUT2D eigenvalue weighted by Gasteiger charge is -2.07. The number of rotatable bonds is 5. The second kappa shape index (κ2) is 6.54. The van der Waals surface area contributed by atoms with Gasteiger partial charge in [0.25, 0.3) is 0 Å². The van der Waals surface area contributed by atoms with Gasteiger partial charge in [0.15, 0.2) is 0 Å². The van der Waals surface area contributed by atoms with Gasteiger partial charge in [0, 0.05) is 6.08 Å². The molecule has 0 unspecified atom stereocenters. The monoisotopic (exact) mass is 270 g/mol. The zero-order valence-corrected chi connectivity index (χ0v) is 10.7. The van der Waals surface area contributed by atoms with E-state index in [-0.39, 0.29) is 6.61 Å². The molecule has 2 aromatic rings. The molecule has 0 fully saturated rings. The van der Waals surface area contributed by atoms with Crippen LogP contribution in [0.15, 0.2) is 54.6 Å². The van der Waals surface area contributed by atoms with Crippen LogP contribution in [0.1, 0.15) is 11.1 Å². The van der Waals surface area contributed by atoms with Crippen molar-refractivity contribution in [3.05, 3.63) is 65.7 Å². The molecule has 0 aliphatic rings. The van der Waals surface area contributed by atoms with Crippen LogP contribution in [0.5, 0.6) is 11.5 Å². The number of hydrogen-bond acceptors (Lipinski definition) is 3. The van der Waals surface area contributed by atoms with E-state index in [0.717, 1.165) is 17.2 Å². The fourth-order valence-electron chi connectivity index (χ4n) is 1.66. The van der Waals surface area contributed by atoms with Crippen molar-refractivity contribution >= 4 is 12.0 Å². The predicted octanol–water partition coefficient (Wildman–Crippen LogP) is 3.07. The second-order valence-corrected chi connectivity index (χ2v) is 4.15. The smallest absolute Gasteiger partial charge is 0.328 e. The summed E-state index contributed by atoms with van der Waals surface area (Å²) >= 11 is 0. The molecule has 0 amide bonds. The molecule has 102 valence electrons. The lowest BCUT2D eigenvalue weighted by molar-refractivity contribution is -0.131. The van der Waals surface area contributed by atoms with E-state index in [1.54, 1.807) is 36.4 Å². The van der Waals surface area contributed by atoms with Crippen LogP contribution in [0.2, 0.25) is 0 Å². The average molecular weight is 270 g/mol. The Morgan fingerprint density at radius 3 is 2.50 bits per heavy atom. The zero-order chi connectivity index (χ0) is 14.4. The Morgan fingerprint density at radius 1 is 1.10 bits per heavy atom. The van der Waals surface area contributed by atoms with Crippen LogP contribution in [0.3, 0.4) is 0 Å². The van der Waals surface area contributed by atoms with Crippen molar-refractivity contribution in [2.24, 2.45) is 0 Å². The predicted molar refractivity (Wildman–Crippen MR) is 75.6 cm³/mol. The van der Waals surface area contributed by atoms with Crippen LogP contribution in [0.4, 0.5) is 0 Å². The van der Waals surface area contributed by atoms with E-state index in [1.165, 1.54) is 6.08 Å².